The summed E-state index contributed by atoms with van der Waals surface area (Å²) >= 11 is 0. The molecule has 0 atom stereocenters. The number of fused-ring (bicyclic) bond motifs is 3. The zero-order chi connectivity index (χ0) is 12.2. The molecule has 0 radical (unpaired) electrons. The van der Waals surface area contributed by atoms with Crippen LogP contribution >= 0.6 is 0 Å². The normalized spacial score (nSPS) is 11.4. The van der Waals surface area contributed by atoms with E-state index in [9.17, 15) is 15.3 Å². The van der Waals surface area contributed by atoms with E-state index in [1.807, 2.05) is 6.07 Å². The summed E-state index contributed by atoms with van der Waals surface area (Å²) in [5, 5.41) is 30.7. The third kappa shape index (κ3) is 1.18. The molecule has 0 aliphatic rings. The van der Waals surface area contributed by atoms with Gasteiger partial charge < -0.3 is 20.3 Å². The van der Waals surface area contributed by atoms with Crippen LogP contribution in [0, 0.1) is 6.92 Å². The van der Waals surface area contributed by atoms with Crippen molar-refractivity contribution in [3.63, 3.8) is 0 Å². The lowest BCUT2D eigenvalue weighted by Crippen LogP contribution is -1.75. The molecule has 0 aliphatic carbocycles. The van der Waals surface area contributed by atoms with Crippen molar-refractivity contribution < 1.29 is 15.3 Å². The molecule has 3 rings (SSSR count). The number of aromatic nitrogens is 1. The third-order valence-corrected chi connectivity index (χ3v) is 3.06. The van der Waals surface area contributed by atoms with E-state index in [4.69, 9.17) is 0 Å². The molecule has 0 aliphatic heterocycles. The molecule has 3 aromatic rings. The number of phenols is 3. The molecule has 0 bridgehead atoms. The summed E-state index contributed by atoms with van der Waals surface area (Å²) in [7, 11) is 0. The van der Waals surface area contributed by atoms with Crippen LogP contribution in [0.15, 0.2) is 24.3 Å². The second-order valence-corrected chi connectivity index (χ2v) is 4.13. The Hall–Kier alpha value is -2.36. The summed E-state index contributed by atoms with van der Waals surface area (Å²) in [6.45, 7) is 1.79. The first kappa shape index (κ1) is 9.84. The predicted molar refractivity (Wildman–Crippen MR) is 65.5 cm³/mol. The highest BCUT2D eigenvalue weighted by Crippen LogP contribution is 2.40. The zero-order valence-corrected chi connectivity index (χ0v) is 9.15. The number of H-pyrrole nitrogens is 1. The minimum Gasteiger partial charge on any atom is -0.507 e. The maximum atomic E-state index is 9.95. The van der Waals surface area contributed by atoms with Gasteiger partial charge >= 0.3 is 0 Å². The molecule has 86 valence electrons. The van der Waals surface area contributed by atoms with Crippen LogP contribution in [0.4, 0.5) is 0 Å². The Bertz CT molecular complexity index is 743. The molecule has 0 fully saturated rings. The summed E-state index contributed by atoms with van der Waals surface area (Å²) in [6, 6.07) is 6.43. The minimum absolute atomic E-state index is 0.0473. The first-order chi connectivity index (χ1) is 8.09. The van der Waals surface area contributed by atoms with Gasteiger partial charge in [-0.25, -0.2) is 0 Å². The van der Waals surface area contributed by atoms with Gasteiger partial charge in [-0.15, -0.1) is 0 Å². The molecule has 1 heterocycles. The van der Waals surface area contributed by atoms with E-state index in [-0.39, 0.29) is 17.2 Å². The molecule has 0 saturated heterocycles. The Labute approximate surface area is 96.8 Å². The zero-order valence-electron chi connectivity index (χ0n) is 9.15. The summed E-state index contributed by atoms with van der Waals surface area (Å²) in [5.41, 5.74) is 1.70. The number of aryl methyl sites for hydroxylation is 1. The van der Waals surface area contributed by atoms with Gasteiger partial charge in [-0.2, -0.15) is 0 Å². The van der Waals surface area contributed by atoms with Crippen molar-refractivity contribution in [3.8, 4) is 17.2 Å². The van der Waals surface area contributed by atoms with E-state index in [0.29, 0.717) is 21.8 Å². The summed E-state index contributed by atoms with van der Waals surface area (Å²) < 4.78 is 0. The number of nitrogens with one attached hydrogen (secondary N) is 1. The van der Waals surface area contributed by atoms with Gasteiger partial charge in [0, 0.05) is 5.39 Å². The Morgan fingerprint density at radius 1 is 0.882 bits per heavy atom. The van der Waals surface area contributed by atoms with Crippen LogP contribution in [-0.4, -0.2) is 20.3 Å². The molecule has 1 aromatic heterocycles. The smallest absolute Gasteiger partial charge is 0.142 e. The average Bonchev–Trinajstić information content (AvgIpc) is 2.70. The van der Waals surface area contributed by atoms with E-state index < -0.39 is 0 Å². The van der Waals surface area contributed by atoms with Crippen LogP contribution in [0.25, 0.3) is 21.8 Å². The number of benzene rings is 2. The van der Waals surface area contributed by atoms with E-state index in [0.717, 1.165) is 5.56 Å². The highest BCUT2D eigenvalue weighted by atomic mass is 16.3. The van der Waals surface area contributed by atoms with Crippen molar-refractivity contribution in [1.82, 2.24) is 4.98 Å². The second-order valence-electron chi connectivity index (χ2n) is 4.13. The fraction of sp³-hybridized carbons (Fsp3) is 0.0769. The van der Waals surface area contributed by atoms with E-state index in [2.05, 4.69) is 4.98 Å². The van der Waals surface area contributed by atoms with Crippen molar-refractivity contribution in [2.24, 2.45) is 0 Å². The Morgan fingerprint density at radius 2 is 1.59 bits per heavy atom. The minimum atomic E-state index is 0.0473. The molecule has 0 unspecified atom stereocenters. The Kier molecular flexibility index (Phi) is 1.78. The number of rotatable bonds is 0. The molecule has 4 heteroatoms. The first-order valence-corrected chi connectivity index (χ1v) is 5.24. The van der Waals surface area contributed by atoms with Gasteiger partial charge in [-0.1, -0.05) is 12.1 Å². The van der Waals surface area contributed by atoms with Gasteiger partial charge in [0.05, 0.1) is 16.4 Å². The largest absolute Gasteiger partial charge is 0.507 e. The van der Waals surface area contributed by atoms with Gasteiger partial charge in [0.25, 0.3) is 0 Å². The van der Waals surface area contributed by atoms with Crippen LogP contribution in [-0.2, 0) is 0 Å². The van der Waals surface area contributed by atoms with E-state index in [1.54, 1.807) is 13.0 Å². The molecular weight excluding hydrogens is 218 g/mol. The maximum absolute atomic E-state index is 9.95. The Balaban J connectivity index is 2.63. The monoisotopic (exact) mass is 229 g/mol. The second kappa shape index (κ2) is 3.07. The highest BCUT2D eigenvalue weighted by Gasteiger charge is 2.14. The molecule has 0 spiro atoms. The van der Waals surface area contributed by atoms with Gasteiger partial charge in [-0.3, -0.25) is 0 Å². The topological polar surface area (TPSA) is 76.5 Å². The first-order valence-electron chi connectivity index (χ1n) is 5.24. The molecule has 0 amide bonds. The summed E-state index contributed by atoms with van der Waals surface area (Å²) in [6.07, 6.45) is 0. The number of aromatic amines is 1. The van der Waals surface area contributed by atoms with Crippen molar-refractivity contribution in [1.29, 1.82) is 0 Å². The SMILES string of the molecule is Cc1ccc2c([nH]c3c(O)ccc(O)c32)c1O. The quantitative estimate of drug-likeness (QED) is 0.448. The highest BCUT2D eigenvalue weighted by molar-refractivity contribution is 6.13. The molecule has 4 N–H and O–H groups in total. The predicted octanol–water partition coefficient (Wildman–Crippen LogP) is 2.75. The van der Waals surface area contributed by atoms with Crippen molar-refractivity contribution in [3.05, 3.63) is 29.8 Å². The third-order valence-electron chi connectivity index (χ3n) is 3.06. The lowest BCUT2D eigenvalue weighted by atomic mass is 10.1. The molecule has 17 heavy (non-hydrogen) atoms. The van der Waals surface area contributed by atoms with Gasteiger partial charge in [0.1, 0.15) is 17.2 Å². The fourth-order valence-corrected chi connectivity index (χ4v) is 2.14. The average molecular weight is 229 g/mol. The number of hydrogen-bond acceptors (Lipinski definition) is 3. The Morgan fingerprint density at radius 3 is 2.35 bits per heavy atom. The van der Waals surface area contributed by atoms with Crippen LogP contribution in [0.1, 0.15) is 5.56 Å². The van der Waals surface area contributed by atoms with Gasteiger partial charge in [0.2, 0.25) is 0 Å². The fourth-order valence-electron chi connectivity index (χ4n) is 2.14. The standard InChI is InChI=1S/C13H11NO3/c1-6-2-3-7-10-8(15)4-5-9(16)12(10)14-11(7)13(6)17/h2-5,14-17H,1H3. The van der Waals surface area contributed by atoms with Crippen LogP contribution in [0.5, 0.6) is 17.2 Å². The number of phenolic OH excluding ortho intramolecular Hbond substituents is 3. The lowest BCUT2D eigenvalue weighted by molar-refractivity contribution is 0.469. The van der Waals surface area contributed by atoms with E-state index in [1.165, 1.54) is 12.1 Å². The molecule has 2 aromatic carbocycles. The van der Waals surface area contributed by atoms with Gasteiger partial charge in [-0.05, 0) is 24.6 Å². The maximum Gasteiger partial charge on any atom is 0.142 e. The molecule has 0 saturated carbocycles. The van der Waals surface area contributed by atoms with Crippen molar-refractivity contribution >= 4 is 21.8 Å². The van der Waals surface area contributed by atoms with Gasteiger partial charge in [0.15, 0.2) is 0 Å². The number of hydrogen-bond donors (Lipinski definition) is 4. The lowest BCUT2D eigenvalue weighted by Gasteiger charge is -1.99. The van der Waals surface area contributed by atoms with Crippen LogP contribution in [0.3, 0.4) is 0 Å². The van der Waals surface area contributed by atoms with Crippen molar-refractivity contribution in [2.75, 3.05) is 0 Å². The number of aromatic hydroxyl groups is 3. The summed E-state index contributed by atoms with van der Waals surface area (Å²) in [4.78, 5) is 2.94. The van der Waals surface area contributed by atoms with E-state index >= 15 is 0 Å². The molecular formula is C13H11NO3. The molecule has 4 nitrogen and oxygen atoms in total. The van der Waals surface area contributed by atoms with Crippen LogP contribution < -0.4 is 0 Å². The van der Waals surface area contributed by atoms with Crippen LogP contribution in [0.2, 0.25) is 0 Å². The van der Waals surface area contributed by atoms with Crippen molar-refractivity contribution in [2.45, 2.75) is 6.92 Å². The summed E-state index contributed by atoms with van der Waals surface area (Å²) in [5.74, 6) is 0.260.